The maximum absolute atomic E-state index is 13.2. The lowest BCUT2D eigenvalue weighted by molar-refractivity contribution is -0.119. The van der Waals surface area contributed by atoms with E-state index in [0.717, 1.165) is 5.56 Å². The molecule has 162 valence electrons. The van der Waals surface area contributed by atoms with Crippen LogP contribution >= 0.6 is 34.8 Å². The Kier molecular flexibility index (Phi) is 6.37. The highest BCUT2D eigenvalue weighted by Crippen LogP contribution is 2.31. The van der Waals surface area contributed by atoms with E-state index in [9.17, 15) is 9.59 Å². The number of carbonyl (C=O) groups excluding carboxylic acids is 2. The monoisotopic (exact) mass is 486 g/mol. The van der Waals surface area contributed by atoms with Gasteiger partial charge in [-0.2, -0.15) is 0 Å². The van der Waals surface area contributed by atoms with Gasteiger partial charge in [0.1, 0.15) is 0 Å². The first kappa shape index (κ1) is 22.1. The minimum Gasteiger partial charge on any atom is -0.311 e. The highest BCUT2D eigenvalue weighted by molar-refractivity contribution is 6.44. The molecule has 6 nitrogen and oxygen atoms in total. The maximum atomic E-state index is 13.2. The third-order valence-corrected chi connectivity index (χ3v) is 5.97. The molecule has 3 aromatic carbocycles. The zero-order chi connectivity index (χ0) is 22.8. The van der Waals surface area contributed by atoms with Gasteiger partial charge in [-0.05, 0) is 30.3 Å². The van der Waals surface area contributed by atoms with Gasteiger partial charge in [0.05, 0.1) is 27.1 Å². The number of hydrogen-bond acceptors (Lipinski definition) is 3. The number of carbonyl (C=O) groups is 2. The van der Waals surface area contributed by atoms with Gasteiger partial charge in [-0.15, -0.1) is 0 Å². The standard InChI is InChI=1S/C23H17Cl3N4O2/c1-30-18-11-10-14(24)12-15(18)20(13-6-3-2-4-7-13)28-21(22(30)31)29-23(32)27-17-9-5-8-16(25)19(17)26/h2-12,21H,1H3,(H2,27,29,32). The van der Waals surface area contributed by atoms with Gasteiger partial charge in [-0.3, -0.25) is 4.79 Å². The quantitative estimate of drug-likeness (QED) is 0.504. The molecule has 1 aliphatic rings. The van der Waals surface area contributed by atoms with Crippen LogP contribution < -0.4 is 15.5 Å². The number of nitrogens with one attached hydrogen (secondary N) is 2. The number of fused-ring (bicyclic) bond motifs is 1. The van der Waals surface area contributed by atoms with Crippen molar-refractivity contribution in [2.24, 2.45) is 4.99 Å². The molecule has 1 unspecified atom stereocenters. The van der Waals surface area contributed by atoms with Crippen LogP contribution in [0.2, 0.25) is 15.1 Å². The topological polar surface area (TPSA) is 73.8 Å². The van der Waals surface area contributed by atoms with Crippen molar-refractivity contribution >= 4 is 63.8 Å². The van der Waals surface area contributed by atoms with Crippen LogP contribution in [-0.2, 0) is 4.79 Å². The molecule has 9 heteroatoms. The molecule has 0 bridgehead atoms. The van der Waals surface area contributed by atoms with E-state index in [1.54, 1.807) is 43.4 Å². The van der Waals surface area contributed by atoms with Crippen molar-refractivity contribution in [1.29, 1.82) is 0 Å². The predicted molar refractivity (Wildman–Crippen MR) is 129 cm³/mol. The number of amides is 3. The normalized spacial score (nSPS) is 15.5. The van der Waals surface area contributed by atoms with Crippen LogP contribution in [0.4, 0.5) is 16.2 Å². The molecular formula is C23H17Cl3N4O2. The molecule has 1 atom stereocenters. The molecule has 1 heterocycles. The molecule has 1 aliphatic heterocycles. The summed E-state index contributed by atoms with van der Waals surface area (Å²) in [5.41, 5.74) is 2.94. The van der Waals surface area contributed by atoms with Crippen molar-refractivity contribution < 1.29 is 9.59 Å². The zero-order valence-corrected chi connectivity index (χ0v) is 19.0. The average molecular weight is 488 g/mol. The summed E-state index contributed by atoms with van der Waals surface area (Å²) in [5, 5.41) is 6.23. The number of benzodiazepines with no additional fused rings is 1. The number of hydrogen-bond donors (Lipinski definition) is 2. The number of urea groups is 1. The van der Waals surface area contributed by atoms with E-state index in [-0.39, 0.29) is 5.02 Å². The van der Waals surface area contributed by atoms with Crippen molar-refractivity contribution in [2.45, 2.75) is 6.17 Å². The molecule has 0 aliphatic carbocycles. The molecule has 4 rings (SSSR count). The molecule has 0 radical (unpaired) electrons. The van der Waals surface area contributed by atoms with Crippen LogP contribution in [0.5, 0.6) is 0 Å². The van der Waals surface area contributed by atoms with Crippen LogP contribution in [0.3, 0.4) is 0 Å². The summed E-state index contributed by atoms with van der Waals surface area (Å²) < 4.78 is 0. The van der Waals surface area contributed by atoms with E-state index < -0.39 is 18.1 Å². The predicted octanol–water partition coefficient (Wildman–Crippen LogP) is 5.61. The molecular weight excluding hydrogens is 471 g/mol. The van der Waals surface area contributed by atoms with Crippen molar-refractivity contribution in [3.8, 4) is 0 Å². The summed E-state index contributed by atoms with van der Waals surface area (Å²) in [6.45, 7) is 0. The smallest absolute Gasteiger partial charge is 0.311 e. The van der Waals surface area contributed by atoms with Crippen LogP contribution in [0.15, 0.2) is 71.7 Å². The molecule has 0 aromatic heterocycles. The van der Waals surface area contributed by atoms with E-state index in [1.165, 1.54) is 4.90 Å². The second kappa shape index (κ2) is 9.20. The number of anilines is 2. The van der Waals surface area contributed by atoms with Crippen molar-refractivity contribution in [3.05, 3.63) is 92.9 Å². The highest BCUT2D eigenvalue weighted by Gasteiger charge is 2.31. The Morgan fingerprint density at radius 1 is 1.00 bits per heavy atom. The number of rotatable bonds is 3. The van der Waals surface area contributed by atoms with Gasteiger partial charge in [0.15, 0.2) is 0 Å². The molecule has 0 spiro atoms. The summed E-state index contributed by atoms with van der Waals surface area (Å²) in [6, 6.07) is 18.8. The first-order chi connectivity index (χ1) is 15.3. The van der Waals surface area contributed by atoms with E-state index >= 15 is 0 Å². The minimum absolute atomic E-state index is 0.198. The lowest BCUT2D eigenvalue weighted by Crippen LogP contribution is -2.47. The van der Waals surface area contributed by atoms with E-state index in [4.69, 9.17) is 34.8 Å². The van der Waals surface area contributed by atoms with Gasteiger partial charge < -0.3 is 15.5 Å². The lowest BCUT2D eigenvalue weighted by Gasteiger charge is -2.21. The minimum atomic E-state index is -1.18. The van der Waals surface area contributed by atoms with Gasteiger partial charge in [0, 0.05) is 23.2 Å². The summed E-state index contributed by atoms with van der Waals surface area (Å²) in [4.78, 5) is 31.9. The molecule has 3 amide bonds. The number of benzene rings is 3. The number of likely N-dealkylation sites (N-methyl/N-ethyl adjacent to an activating group) is 1. The van der Waals surface area contributed by atoms with Gasteiger partial charge in [-0.25, -0.2) is 9.79 Å². The average Bonchev–Trinajstić information content (AvgIpc) is 2.88. The van der Waals surface area contributed by atoms with E-state index in [2.05, 4.69) is 15.6 Å². The zero-order valence-electron chi connectivity index (χ0n) is 16.8. The summed E-state index contributed by atoms with van der Waals surface area (Å²) in [5.74, 6) is -0.410. The Labute approximate surface area is 199 Å². The van der Waals surface area contributed by atoms with Crippen LogP contribution in [0.1, 0.15) is 11.1 Å². The lowest BCUT2D eigenvalue weighted by atomic mass is 10.0. The Morgan fingerprint density at radius 3 is 2.50 bits per heavy atom. The fourth-order valence-electron chi connectivity index (χ4n) is 3.35. The summed E-state index contributed by atoms with van der Waals surface area (Å²) in [6.07, 6.45) is -1.18. The highest BCUT2D eigenvalue weighted by atomic mass is 35.5. The number of halogens is 3. The largest absolute Gasteiger partial charge is 0.321 e. The first-order valence-corrected chi connectivity index (χ1v) is 10.7. The Bertz CT molecular complexity index is 1230. The van der Waals surface area contributed by atoms with Gasteiger partial charge in [0.2, 0.25) is 6.17 Å². The van der Waals surface area contributed by atoms with E-state index in [1.807, 2.05) is 30.3 Å². The number of aliphatic imine (C=N–C) groups is 1. The van der Waals surface area contributed by atoms with Crippen molar-refractivity contribution in [3.63, 3.8) is 0 Å². The van der Waals surface area contributed by atoms with Crippen LogP contribution in [-0.4, -0.2) is 30.9 Å². The molecule has 2 N–H and O–H groups in total. The summed E-state index contributed by atoms with van der Waals surface area (Å²) in [7, 11) is 1.62. The number of nitrogens with zero attached hydrogens (tertiary/aromatic N) is 2. The first-order valence-electron chi connectivity index (χ1n) is 9.57. The molecule has 0 saturated carbocycles. The molecule has 0 saturated heterocycles. The van der Waals surface area contributed by atoms with Crippen LogP contribution in [0.25, 0.3) is 0 Å². The van der Waals surface area contributed by atoms with Crippen molar-refractivity contribution in [2.75, 3.05) is 17.3 Å². The van der Waals surface area contributed by atoms with Gasteiger partial charge in [0.25, 0.3) is 5.91 Å². The summed E-state index contributed by atoms with van der Waals surface area (Å²) >= 11 is 18.4. The third kappa shape index (κ3) is 4.43. The Morgan fingerprint density at radius 2 is 1.75 bits per heavy atom. The van der Waals surface area contributed by atoms with E-state index in [0.29, 0.717) is 32.7 Å². The van der Waals surface area contributed by atoms with Gasteiger partial charge >= 0.3 is 6.03 Å². The van der Waals surface area contributed by atoms with Crippen molar-refractivity contribution in [1.82, 2.24) is 5.32 Å². The molecule has 0 fully saturated rings. The second-order valence-electron chi connectivity index (χ2n) is 7.00. The maximum Gasteiger partial charge on any atom is 0.321 e. The Hall–Kier alpha value is -3.06. The third-order valence-electron chi connectivity index (χ3n) is 4.91. The second-order valence-corrected chi connectivity index (χ2v) is 8.23. The Balaban J connectivity index is 1.72. The van der Waals surface area contributed by atoms with Gasteiger partial charge in [-0.1, -0.05) is 71.2 Å². The van der Waals surface area contributed by atoms with Crippen LogP contribution in [0, 0.1) is 0 Å². The fourth-order valence-corrected chi connectivity index (χ4v) is 3.87. The molecule has 3 aromatic rings. The fraction of sp³-hybridized carbons (Fsp3) is 0.0870. The molecule has 32 heavy (non-hydrogen) atoms. The SMILES string of the molecule is CN1C(=O)C(NC(=O)Nc2cccc(Cl)c2Cl)N=C(c2ccccc2)c2cc(Cl)ccc21.